The van der Waals surface area contributed by atoms with Gasteiger partial charge < -0.3 is 10.4 Å². The minimum Gasteiger partial charge on any atom is -0.393 e. The second-order valence-electron chi connectivity index (χ2n) is 6.00. The van der Waals surface area contributed by atoms with Crippen LogP contribution >= 0.6 is 0 Å². The molecule has 0 radical (unpaired) electrons. The quantitative estimate of drug-likeness (QED) is 0.858. The van der Waals surface area contributed by atoms with Crippen LogP contribution in [0.5, 0.6) is 0 Å². The molecule has 0 amide bonds. The largest absolute Gasteiger partial charge is 0.393 e. The predicted molar refractivity (Wildman–Crippen MR) is 78.4 cm³/mol. The van der Waals surface area contributed by atoms with Crippen LogP contribution in [0.25, 0.3) is 0 Å². The van der Waals surface area contributed by atoms with E-state index >= 15 is 0 Å². The zero-order chi connectivity index (χ0) is 13.9. The number of nitrogens with zero attached hydrogens (tertiary/aromatic N) is 3. The number of aliphatic hydroxyl groups is 1. The van der Waals surface area contributed by atoms with Gasteiger partial charge in [0.2, 0.25) is 0 Å². The lowest BCUT2D eigenvalue weighted by Gasteiger charge is -2.36. The second kappa shape index (κ2) is 6.06. The van der Waals surface area contributed by atoms with Gasteiger partial charge in [-0.3, -0.25) is 9.88 Å². The molecule has 2 unspecified atom stereocenters. The third-order valence-corrected chi connectivity index (χ3v) is 4.47. The zero-order valence-electron chi connectivity index (χ0n) is 12.1. The highest BCUT2D eigenvalue weighted by Crippen LogP contribution is 2.36. The summed E-state index contributed by atoms with van der Waals surface area (Å²) in [5, 5.41) is 13.1. The summed E-state index contributed by atoms with van der Waals surface area (Å²) in [6.45, 7) is 3.93. The fourth-order valence-corrected chi connectivity index (χ4v) is 3.47. The van der Waals surface area contributed by atoms with Crippen molar-refractivity contribution in [3.05, 3.63) is 18.1 Å². The van der Waals surface area contributed by atoms with Gasteiger partial charge >= 0.3 is 0 Å². The average molecular weight is 276 g/mol. The van der Waals surface area contributed by atoms with Crippen molar-refractivity contribution < 1.29 is 5.11 Å². The Morgan fingerprint density at radius 3 is 2.60 bits per heavy atom. The van der Waals surface area contributed by atoms with E-state index < -0.39 is 0 Å². The van der Waals surface area contributed by atoms with Crippen molar-refractivity contribution in [2.45, 2.75) is 63.8 Å². The van der Waals surface area contributed by atoms with E-state index in [0.29, 0.717) is 12.1 Å². The van der Waals surface area contributed by atoms with Crippen molar-refractivity contribution in [2.75, 3.05) is 11.9 Å². The molecular weight excluding hydrogens is 252 g/mol. The minimum atomic E-state index is -0.101. The number of piperidine rings is 1. The lowest BCUT2D eigenvalue weighted by molar-refractivity contribution is 0.0303. The van der Waals surface area contributed by atoms with Gasteiger partial charge in [0.25, 0.3) is 0 Å². The molecule has 2 atom stereocenters. The van der Waals surface area contributed by atoms with Crippen LogP contribution in [0.2, 0.25) is 0 Å². The maximum atomic E-state index is 9.83. The molecular formula is C15H24N4O. The van der Waals surface area contributed by atoms with Gasteiger partial charge in [-0.05, 0) is 32.1 Å². The number of nitrogens with one attached hydrogen (secondary N) is 1. The molecule has 0 aromatic carbocycles. The van der Waals surface area contributed by atoms with Gasteiger partial charge in [0, 0.05) is 25.2 Å². The van der Waals surface area contributed by atoms with Crippen LogP contribution in [0, 0.1) is 0 Å². The summed E-state index contributed by atoms with van der Waals surface area (Å²) >= 11 is 0. The van der Waals surface area contributed by atoms with Crippen LogP contribution in [0.4, 0.5) is 5.82 Å². The van der Waals surface area contributed by atoms with Crippen molar-refractivity contribution in [3.8, 4) is 0 Å². The molecule has 1 aromatic heterocycles. The minimum absolute atomic E-state index is 0.101. The number of fused-ring (bicyclic) bond motifs is 2. The standard InChI is InChI=1S/C15H24N4O/c1-2-5-16-15-9-17-11(8-18-15)10-19-12-3-4-13(19)7-14(20)6-12/h8-9,12-14,20H,2-7,10H2,1H3,(H,16,18). The van der Waals surface area contributed by atoms with Gasteiger partial charge in [-0.15, -0.1) is 0 Å². The molecule has 5 nitrogen and oxygen atoms in total. The van der Waals surface area contributed by atoms with E-state index in [1.54, 1.807) is 0 Å². The van der Waals surface area contributed by atoms with Crippen molar-refractivity contribution >= 4 is 5.82 Å². The number of aliphatic hydroxyl groups excluding tert-OH is 1. The normalized spacial score (nSPS) is 29.6. The molecule has 3 heterocycles. The molecule has 0 aliphatic carbocycles. The lowest BCUT2D eigenvalue weighted by atomic mass is 10.00. The molecule has 2 N–H and O–H groups in total. The average Bonchev–Trinajstić information content (AvgIpc) is 2.70. The SMILES string of the molecule is CCCNc1cnc(CN2C3CCC2CC(O)C3)cn1. The predicted octanol–water partition coefficient (Wildman–Crippen LogP) is 1.79. The Hall–Kier alpha value is -1.20. The van der Waals surface area contributed by atoms with E-state index in [-0.39, 0.29) is 6.10 Å². The first-order valence-corrected chi connectivity index (χ1v) is 7.75. The third-order valence-electron chi connectivity index (χ3n) is 4.47. The Labute approximate surface area is 120 Å². The van der Waals surface area contributed by atoms with E-state index in [0.717, 1.165) is 43.9 Å². The highest BCUT2D eigenvalue weighted by molar-refractivity contribution is 5.30. The van der Waals surface area contributed by atoms with Crippen molar-refractivity contribution in [1.82, 2.24) is 14.9 Å². The summed E-state index contributed by atoms with van der Waals surface area (Å²) in [4.78, 5) is 11.4. The summed E-state index contributed by atoms with van der Waals surface area (Å²) in [6, 6.07) is 1.06. The molecule has 5 heteroatoms. The Morgan fingerprint density at radius 1 is 1.25 bits per heavy atom. The molecule has 20 heavy (non-hydrogen) atoms. The number of hydrogen-bond acceptors (Lipinski definition) is 5. The van der Waals surface area contributed by atoms with Crippen LogP contribution < -0.4 is 5.32 Å². The summed E-state index contributed by atoms with van der Waals surface area (Å²) in [5.74, 6) is 0.854. The van der Waals surface area contributed by atoms with Crippen LogP contribution in [0.15, 0.2) is 12.4 Å². The molecule has 2 aliphatic heterocycles. The maximum absolute atomic E-state index is 9.83. The molecule has 2 bridgehead atoms. The van der Waals surface area contributed by atoms with Gasteiger partial charge in [-0.1, -0.05) is 6.92 Å². The fraction of sp³-hybridized carbons (Fsp3) is 0.733. The Balaban J connectivity index is 1.61. The molecule has 2 saturated heterocycles. The van der Waals surface area contributed by atoms with Crippen molar-refractivity contribution in [2.24, 2.45) is 0 Å². The van der Waals surface area contributed by atoms with Gasteiger partial charge in [0.15, 0.2) is 0 Å². The molecule has 3 rings (SSSR count). The van der Waals surface area contributed by atoms with Crippen LogP contribution in [0.1, 0.15) is 44.7 Å². The molecule has 2 aliphatic rings. The summed E-state index contributed by atoms with van der Waals surface area (Å²) in [6.07, 6.45) is 8.95. The van der Waals surface area contributed by atoms with Crippen LogP contribution in [0.3, 0.4) is 0 Å². The monoisotopic (exact) mass is 276 g/mol. The first kappa shape index (κ1) is 13.8. The number of anilines is 1. The van der Waals surface area contributed by atoms with Crippen molar-refractivity contribution in [3.63, 3.8) is 0 Å². The van der Waals surface area contributed by atoms with Gasteiger partial charge in [-0.25, -0.2) is 4.98 Å². The maximum Gasteiger partial charge on any atom is 0.144 e. The number of aromatic nitrogens is 2. The first-order chi connectivity index (χ1) is 9.76. The Morgan fingerprint density at radius 2 is 2.00 bits per heavy atom. The first-order valence-electron chi connectivity index (χ1n) is 7.75. The van der Waals surface area contributed by atoms with E-state index in [2.05, 4.69) is 27.1 Å². The highest BCUT2D eigenvalue weighted by Gasteiger charge is 2.40. The van der Waals surface area contributed by atoms with Crippen molar-refractivity contribution in [1.29, 1.82) is 0 Å². The summed E-state index contributed by atoms with van der Waals surface area (Å²) < 4.78 is 0. The Kier molecular flexibility index (Phi) is 4.17. The van der Waals surface area contributed by atoms with E-state index in [1.807, 2.05) is 12.4 Å². The molecule has 0 saturated carbocycles. The van der Waals surface area contributed by atoms with Gasteiger partial charge in [0.1, 0.15) is 5.82 Å². The van der Waals surface area contributed by atoms with E-state index in [1.165, 1.54) is 12.8 Å². The summed E-state index contributed by atoms with van der Waals surface area (Å²) in [7, 11) is 0. The fourth-order valence-electron chi connectivity index (χ4n) is 3.47. The van der Waals surface area contributed by atoms with E-state index in [9.17, 15) is 5.11 Å². The van der Waals surface area contributed by atoms with Gasteiger partial charge in [0.05, 0.1) is 24.2 Å². The van der Waals surface area contributed by atoms with Crippen LogP contribution in [-0.2, 0) is 6.54 Å². The number of hydrogen-bond donors (Lipinski definition) is 2. The molecule has 2 fully saturated rings. The highest BCUT2D eigenvalue weighted by atomic mass is 16.3. The Bertz CT molecular complexity index is 422. The third kappa shape index (κ3) is 2.94. The smallest absolute Gasteiger partial charge is 0.144 e. The molecule has 110 valence electrons. The second-order valence-corrected chi connectivity index (χ2v) is 6.00. The molecule has 1 aromatic rings. The number of rotatable bonds is 5. The summed E-state index contributed by atoms with van der Waals surface area (Å²) in [5.41, 5.74) is 1.03. The lowest BCUT2D eigenvalue weighted by Crippen LogP contribution is -2.44. The van der Waals surface area contributed by atoms with E-state index in [4.69, 9.17) is 0 Å². The van der Waals surface area contributed by atoms with Crippen LogP contribution in [-0.4, -0.2) is 44.7 Å². The topological polar surface area (TPSA) is 61.3 Å². The molecule has 0 spiro atoms. The van der Waals surface area contributed by atoms with Gasteiger partial charge in [-0.2, -0.15) is 0 Å². The zero-order valence-corrected chi connectivity index (χ0v) is 12.1.